The van der Waals surface area contributed by atoms with Gasteiger partial charge in [0.05, 0.1) is 16.9 Å². The van der Waals surface area contributed by atoms with Crippen LogP contribution in [0.15, 0.2) is 15.9 Å². The van der Waals surface area contributed by atoms with E-state index in [-0.39, 0.29) is 12.5 Å². The highest BCUT2D eigenvalue weighted by Crippen LogP contribution is 2.23. The molecule has 0 saturated carbocycles. The Kier molecular flexibility index (Phi) is 9.15. The molecule has 0 saturated heterocycles. The van der Waals surface area contributed by atoms with Crippen LogP contribution in [0.1, 0.15) is 31.1 Å². The zero-order valence-electron chi connectivity index (χ0n) is 12.8. The van der Waals surface area contributed by atoms with Crippen molar-refractivity contribution in [3.63, 3.8) is 0 Å². The predicted molar refractivity (Wildman–Crippen MR) is 91.5 cm³/mol. The van der Waals surface area contributed by atoms with Crippen LogP contribution < -0.4 is 0 Å². The molecule has 1 aromatic rings. The monoisotopic (exact) mass is 376 g/mol. The van der Waals surface area contributed by atoms with Gasteiger partial charge in [-0.05, 0) is 67.8 Å². The minimum atomic E-state index is 0.173. The van der Waals surface area contributed by atoms with Crippen molar-refractivity contribution in [2.75, 3.05) is 33.3 Å². The van der Waals surface area contributed by atoms with Crippen molar-refractivity contribution in [3.8, 4) is 0 Å². The maximum absolute atomic E-state index is 12.3. The Morgan fingerprint density at radius 3 is 2.67 bits per heavy atom. The van der Waals surface area contributed by atoms with Gasteiger partial charge in [0.1, 0.15) is 0 Å². The van der Waals surface area contributed by atoms with Crippen LogP contribution in [-0.2, 0) is 11.3 Å². The van der Waals surface area contributed by atoms with Crippen molar-refractivity contribution < 1.29 is 9.90 Å². The van der Waals surface area contributed by atoms with Crippen LogP contribution in [-0.4, -0.2) is 54.1 Å². The fourth-order valence-electron chi connectivity index (χ4n) is 2.08. The lowest BCUT2D eigenvalue weighted by Gasteiger charge is -2.24. The Labute approximate surface area is 139 Å². The normalized spacial score (nSPS) is 11.1. The largest absolute Gasteiger partial charge is 0.396 e. The second-order valence-corrected chi connectivity index (χ2v) is 7.68. The van der Waals surface area contributed by atoms with E-state index in [0.29, 0.717) is 13.1 Å². The number of carbonyl (C=O) groups is 1. The average Bonchev–Trinajstić information content (AvgIpc) is 2.86. The van der Waals surface area contributed by atoms with Crippen LogP contribution in [0.4, 0.5) is 0 Å². The van der Waals surface area contributed by atoms with Crippen LogP contribution in [0, 0.1) is 0 Å². The van der Waals surface area contributed by atoms with E-state index in [0.717, 1.165) is 36.1 Å². The van der Waals surface area contributed by atoms with Gasteiger partial charge in [0, 0.05) is 18.0 Å². The number of hydrogen-bond donors (Lipinski definition) is 1. The van der Waals surface area contributed by atoms with Gasteiger partial charge in [0.15, 0.2) is 0 Å². The maximum atomic E-state index is 12.3. The zero-order valence-corrected chi connectivity index (χ0v) is 15.3. The van der Waals surface area contributed by atoms with E-state index in [1.807, 2.05) is 24.9 Å². The van der Waals surface area contributed by atoms with Crippen LogP contribution in [0.5, 0.6) is 0 Å². The summed E-state index contributed by atoms with van der Waals surface area (Å²) in [4.78, 5) is 17.5. The first-order valence-corrected chi connectivity index (χ1v) is 8.99. The molecule has 120 valence electrons. The molecule has 1 aromatic heterocycles. The van der Waals surface area contributed by atoms with Gasteiger partial charge in [-0.1, -0.05) is 0 Å². The SMILES string of the molecule is CCN(Cc1ccc(Br)s1)C(=O)CN(C)CCCCCO. The number of amides is 1. The maximum Gasteiger partial charge on any atom is 0.237 e. The van der Waals surface area contributed by atoms with E-state index in [4.69, 9.17) is 5.11 Å². The number of carbonyl (C=O) groups excluding carboxylic acids is 1. The van der Waals surface area contributed by atoms with Crippen molar-refractivity contribution in [1.82, 2.24) is 9.80 Å². The number of aliphatic hydroxyl groups is 1. The van der Waals surface area contributed by atoms with E-state index in [2.05, 4.69) is 26.9 Å². The molecule has 0 aromatic carbocycles. The van der Waals surface area contributed by atoms with Gasteiger partial charge in [-0.15, -0.1) is 11.3 Å². The van der Waals surface area contributed by atoms with E-state index < -0.39 is 0 Å². The second kappa shape index (κ2) is 10.3. The lowest BCUT2D eigenvalue weighted by Crippen LogP contribution is -2.38. The molecule has 1 rings (SSSR count). The first-order chi connectivity index (χ1) is 10.1. The molecule has 0 spiro atoms. The van der Waals surface area contributed by atoms with E-state index >= 15 is 0 Å². The third-order valence-corrected chi connectivity index (χ3v) is 4.92. The van der Waals surface area contributed by atoms with Crippen molar-refractivity contribution in [3.05, 3.63) is 20.8 Å². The number of thiophene rings is 1. The summed E-state index contributed by atoms with van der Waals surface area (Å²) in [5.41, 5.74) is 0. The van der Waals surface area contributed by atoms with Crippen LogP contribution in [0.25, 0.3) is 0 Å². The Morgan fingerprint density at radius 1 is 1.33 bits per heavy atom. The van der Waals surface area contributed by atoms with E-state index in [1.165, 1.54) is 4.88 Å². The zero-order chi connectivity index (χ0) is 15.7. The molecule has 0 unspecified atom stereocenters. The summed E-state index contributed by atoms with van der Waals surface area (Å²) in [6.45, 7) is 5.04. The number of nitrogens with zero attached hydrogens (tertiary/aromatic N) is 2. The van der Waals surface area contributed by atoms with Gasteiger partial charge < -0.3 is 10.0 Å². The summed E-state index contributed by atoms with van der Waals surface area (Å²) in [6, 6.07) is 4.08. The number of hydrogen-bond acceptors (Lipinski definition) is 4. The molecule has 1 amide bonds. The smallest absolute Gasteiger partial charge is 0.237 e. The fraction of sp³-hybridized carbons (Fsp3) is 0.667. The topological polar surface area (TPSA) is 43.8 Å². The molecule has 0 aliphatic carbocycles. The van der Waals surface area contributed by atoms with Gasteiger partial charge in [-0.2, -0.15) is 0 Å². The van der Waals surface area contributed by atoms with Crippen LogP contribution in [0.3, 0.4) is 0 Å². The molecule has 1 N–H and O–H groups in total. The minimum Gasteiger partial charge on any atom is -0.396 e. The van der Waals surface area contributed by atoms with E-state index in [9.17, 15) is 4.79 Å². The van der Waals surface area contributed by atoms with Crippen molar-refractivity contribution in [2.24, 2.45) is 0 Å². The first kappa shape index (κ1) is 18.6. The number of aliphatic hydroxyl groups excluding tert-OH is 1. The third-order valence-electron chi connectivity index (χ3n) is 3.31. The molecule has 0 aliphatic rings. The number of rotatable bonds is 10. The molecule has 0 bridgehead atoms. The van der Waals surface area contributed by atoms with Crippen LogP contribution >= 0.6 is 27.3 Å². The molecule has 0 radical (unpaired) electrons. The standard InChI is InChI=1S/C15H25BrN2O2S/c1-3-18(11-13-7-8-14(16)21-13)15(20)12-17(2)9-5-4-6-10-19/h7-8,19H,3-6,9-12H2,1-2H3. The molecular weight excluding hydrogens is 352 g/mol. The Hall–Kier alpha value is -0.430. The van der Waals surface area contributed by atoms with Crippen molar-refractivity contribution in [2.45, 2.75) is 32.7 Å². The lowest BCUT2D eigenvalue weighted by atomic mass is 10.2. The quantitative estimate of drug-likeness (QED) is 0.638. The molecule has 4 nitrogen and oxygen atoms in total. The Bertz CT molecular complexity index is 426. The van der Waals surface area contributed by atoms with Crippen molar-refractivity contribution in [1.29, 1.82) is 0 Å². The molecule has 0 atom stereocenters. The summed E-state index contributed by atoms with van der Waals surface area (Å²) in [6.07, 6.45) is 2.88. The molecule has 0 aliphatic heterocycles. The van der Waals surface area contributed by atoms with Crippen LogP contribution in [0.2, 0.25) is 0 Å². The Morgan fingerprint density at radius 2 is 2.10 bits per heavy atom. The molecule has 1 heterocycles. The predicted octanol–water partition coefficient (Wildman–Crippen LogP) is 2.95. The van der Waals surface area contributed by atoms with Gasteiger partial charge in [0.2, 0.25) is 5.91 Å². The summed E-state index contributed by atoms with van der Waals surface area (Å²) < 4.78 is 1.10. The number of halogens is 1. The summed E-state index contributed by atoms with van der Waals surface area (Å²) in [7, 11) is 1.98. The first-order valence-electron chi connectivity index (χ1n) is 7.38. The highest BCUT2D eigenvalue weighted by Gasteiger charge is 2.15. The summed E-state index contributed by atoms with van der Waals surface area (Å²) in [5, 5.41) is 8.75. The van der Waals surface area contributed by atoms with Gasteiger partial charge in [0.25, 0.3) is 0 Å². The molecule has 21 heavy (non-hydrogen) atoms. The second-order valence-electron chi connectivity index (χ2n) is 5.14. The van der Waals surface area contributed by atoms with Gasteiger partial charge in [-0.3, -0.25) is 9.69 Å². The number of likely N-dealkylation sites (N-methyl/N-ethyl adjacent to an activating group) is 2. The molecule has 0 fully saturated rings. The van der Waals surface area contributed by atoms with Crippen molar-refractivity contribution >= 4 is 33.2 Å². The highest BCUT2D eigenvalue weighted by molar-refractivity contribution is 9.11. The third kappa shape index (κ3) is 7.40. The van der Waals surface area contributed by atoms with E-state index in [1.54, 1.807) is 11.3 Å². The molecule has 6 heteroatoms. The fourth-order valence-corrected chi connectivity index (χ4v) is 3.58. The van der Waals surface area contributed by atoms with Gasteiger partial charge in [-0.25, -0.2) is 0 Å². The molecular formula is C15H25BrN2O2S. The minimum absolute atomic E-state index is 0.173. The number of unbranched alkanes of at least 4 members (excludes halogenated alkanes) is 2. The van der Waals surface area contributed by atoms with Gasteiger partial charge >= 0.3 is 0 Å². The highest BCUT2D eigenvalue weighted by atomic mass is 79.9. The summed E-state index contributed by atoms with van der Waals surface area (Å²) in [5.74, 6) is 0.173. The Balaban J connectivity index is 2.36. The average molecular weight is 377 g/mol. The lowest BCUT2D eigenvalue weighted by molar-refractivity contribution is -0.132. The summed E-state index contributed by atoms with van der Waals surface area (Å²) >= 11 is 5.12.